The van der Waals surface area contributed by atoms with Gasteiger partial charge in [0.25, 0.3) is 0 Å². The molecule has 1 aliphatic carbocycles. The van der Waals surface area contributed by atoms with Crippen LogP contribution in [0.25, 0.3) is 0 Å². The van der Waals surface area contributed by atoms with Gasteiger partial charge in [-0.05, 0) is 73.2 Å². The molecule has 0 bridgehead atoms. The third-order valence-corrected chi connectivity index (χ3v) is 6.70. The molecular formula is C25H19ClN4O4S. The van der Waals surface area contributed by atoms with E-state index in [4.69, 9.17) is 16.3 Å². The van der Waals surface area contributed by atoms with E-state index in [0.717, 1.165) is 36.1 Å². The maximum absolute atomic E-state index is 12.3. The lowest BCUT2D eigenvalue weighted by Gasteiger charge is -2.09. The molecule has 3 aromatic rings. The molecule has 0 aliphatic heterocycles. The molecule has 0 saturated carbocycles. The number of thiophene rings is 1. The minimum absolute atomic E-state index is 0.281. The maximum atomic E-state index is 12.3. The molecule has 2 aromatic carbocycles. The molecule has 0 unspecified atom stereocenters. The summed E-state index contributed by atoms with van der Waals surface area (Å²) in [5.74, 6) is -2.15. The van der Waals surface area contributed by atoms with Crippen LogP contribution in [-0.4, -0.2) is 24.0 Å². The standard InChI is InChI=1S/C25H19ClN4O4S/c26-17-10-8-16(9-11-17)25(33)34-18-5-3-4-15(12-18)14-28-30-23(32)22(31)29-24-20(13-27)19-6-1-2-7-21(19)35-24/h3-5,8-12,14H,1-2,6-7H2,(H,29,31)(H,30,32)/b28-14-. The Labute approximate surface area is 210 Å². The number of halogens is 1. The molecule has 2 N–H and O–H groups in total. The first-order valence-corrected chi connectivity index (χ1v) is 11.9. The SMILES string of the molecule is N#Cc1c(NC(=O)C(=O)N/N=C\c2cccc(OC(=O)c3ccc(Cl)cc3)c2)sc2c1CCCC2. The van der Waals surface area contributed by atoms with Crippen molar-refractivity contribution in [2.24, 2.45) is 5.10 Å². The summed E-state index contributed by atoms with van der Waals surface area (Å²) < 4.78 is 5.35. The van der Waals surface area contributed by atoms with Gasteiger partial charge in [-0.15, -0.1) is 11.3 Å². The molecule has 4 rings (SSSR count). The molecule has 1 aromatic heterocycles. The molecule has 2 amide bonds. The Morgan fingerprint density at radius 1 is 1.09 bits per heavy atom. The van der Waals surface area contributed by atoms with Gasteiger partial charge >= 0.3 is 17.8 Å². The number of hydrogen-bond acceptors (Lipinski definition) is 7. The van der Waals surface area contributed by atoms with Gasteiger partial charge in [-0.3, -0.25) is 9.59 Å². The average molecular weight is 507 g/mol. The lowest BCUT2D eigenvalue weighted by molar-refractivity contribution is -0.136. The lowest BCUT2D eigenvalue weighted by Crippen LogP contribution is -2.32. The number of anilines is 1. The van der Waals surface area contributed by atoms with Crippen LogP contribution in [0.5, 0.6) is 5.75 Å². The van der Waals surface area contributed by atoms with E-state index in [1.165, 1.54) is 17.6 Å². The molecular weight excluding hydrogens is 488 g/mol. The summed E-state index contributed by atoms with van der Waals surface area (Å²) in [7, 11) is 0. The Hall–Kier alpha value is -4.00. The molecule has 0 radical (unpaired) electrons. The summed E-state index contributed by atoms with van der Waals surface area (Å²) in [6, 6.07) is 14.9. The highest BCUT2D eigenvalue weighted by atomic mass is 35.5. The van der Waals surface area contributed by atoms with E-state index < -0.39 is 17.8 Å². The van der Waals surface area contributed by atoms with Crippen molar-refractivity contribution in [3.63, 3.8) is 0 Å². The largest absolute Gasteiger partial charge is 0.423 e. The zero-order chi connectivity index (χ0) is 24.8. The highest BCUT2D eigenvalue weighted by molar-refractivity contribution is 7.16. The van der Waals surface area contributed by atoms with Gasteiger partial charge in [-0.25, -0.2) is 10.2 Å². The first-order valence-electron chi connectivity index (χ1n) is 10.7. The van der Waals surface area contributed by atoms with Gasteiger partial charge in [0.15, 0.2) is 0 Å². The highest BCUT2D eigenvalue weighted by Crippen LogP contribution is 2.37. The summed E-state index contributed by atoms with van der Waals surface area (Å²) in [4.78, 5) is 37.8. The number of carbonyl (C=O) groups is 3. The van der Waals surface area contributed by atoms with Crippen molar-refractivity contribution in [1.29, 1.82) is 5.26 Å². The Morgan fingerprint density at radius 2 is 1.86 bits per heavy atom. The number of amides is 2. The van der Waals surface area contributed by atoms with Gasteiger partial charge < -0.3 is 10.1 Å². The number of nitrogens with one attached hydrogen (secondary N) is 2. The zero-order valence-electron chi connectivity index (χ0n) is 18.3. The highest BCUT2D eigenvalue weighted by Gasteiger charge is 2.23. The van der Waals surface area contributed by atoms with Crippen molar-refractivity contribution in [3.05, 3.63) is 80.7 Å². The van der Waals surface area contributed by atoms with E-state index in [1.807, 2.05) is 0 Å². The van der Waals surface area contributed by atoms with Gasteiger partial charge in [0.2, 0.25) is 0 Å². The third kappa shape index (κ3) is 5.93. The van der Waals surface area contributed by atoms with E-state index in [1.54, 1.807) is 48.5 Å². The number of hydrazone groups is 1. The topological polar surface area (TPSA) is 121 Å². The van der Waals surface area contributed by atoms with Crippen molar-refractivity contribution in [3.8, 4) is 11.8 Å². The molecule has 1 heterocycles. The van der Waals surface area contributed by atoms with Gasteiger partial charge in [0, 0.05) is 9.90 Å². The van der Waals surface area contributed by atoms with Crippen LogP contribution in [0.2, 0.25) is 5.02 Å². The first kappa shape index (κ1) is 24.1. The van der Waals surface area contributed by atoms with Crippen molar-refractivity contribution in [2.45, 2.75) is 25.7 Å². The second kappa shape index (κ2) is 11.0. The number of hydrogen-bond donors (Lipinski definition) is 2. The summed E-state index contributed by atoms with van der Waals surface area (Å²) in [5, 5.41) is 16.7. The summed E-state index contributed by atoms with van der Waals surface area (Å²) in [6.07, 6.45) is 5.03. The molecule has 0 atom stereocenters. The van der Waals surface area contributed by atoms with E-state index >= 15 is 0 Å². The third-order valence-electron chi connectivity index (χ3n) is 5.24. The predicted molar refractivity (Wildman–Crippen MR) is 133 cm³/mol. The van der Waals surface area contributed by atoms with E-state index in [0.29, 0.717) is 26.7 Å². The van der Waals surface area contributed by atoms with E-state index in [-0.39, 0.29) is 5.75 Å². The fourth-order valence-electron chi connectivity index (χ4n) is 3.56. The van der Waals surface area contributed by atoms with Crippen LogP contribution in [0.3, 0.4) is 0 Å². The second-order valence-corrected chi connectivity index (χ2v) is 9.19. The Morgan fingerprint density at radius 3 is 2.63 bits per heavy atom. The molecule has 0 spiro atoms. The number of rotatable bonds is 5. The van der Waals surface area contributed by atoms with E-state index in [2.05, 4.69) is 21.9 Å². The van der Waals surface area contributed by atoms with Crippen LogP contribution in [0.15, 0.2) is 53.6 Å². The molecule has 10 heteroatoms. The zero-order valence-corrected chi connectivity index (χ0v) is 19.9. The van der Waals surface area contributed by atoms with Crippen LogP contribution in [0, 0.1) is 11.3 Å². The minimum atomic E-state index is -0.971. The van der Waals surface area contributed by atoms with Crippen LogP contribution in [-0.2, 0) is 22.4 Å². The van der Waals surface area contributed by atoms with Crippen molar-refractivity contribution in [2.75, 3.05) is 5.32 Å². The molecule has 8 nitrogen and oxygen atoms in total. The smallest absolute Gasteiger partial charge is 0.343 e. The van der Waals surface area contributed by atoms with Crippen LogP contribution in [0.1, 0.15) is 44.8 Å². The normalized spacial score (nSPS) is 12.5. The number of esters is 1. The summed E-state index contributed by atoms with van der Waals surface area (Å²) in [6.45, 7) is 0. The number of aryl methyl sites for hydroxylation is 1. The fraction of sp³-hybridized carbons (Fsp3) is 0.160. The molecule has 0 fully saturated rings. The maximum Gasteiger partial charge on any atom is 0.343 e. The van der Waals surface area contributed by atoms with Crippen LogP contribution < -0.4 is 15.5 Å². The monoisotopic (exact) mass is 506 g/mol. The van der Waals surface area contributed by atoms with Crippen LogP contribution in [0.4, 0.5) is 5.00 Å². The molecule has 35 heavy (non-hydrogen) atoms. The van der Waals surface area contributed by atoms with Crippen molar-refractivity contribution >= 4 is 51.9 Å². The first-order chi connectivity index (χ1) is 16.9. The quantitative estimate of drug-likeness (QED) is 0.174. The Balaban J connectivity index is 1.34. The predicted octanol–water partition coefficient (Wildman–Crippen LogP) is 4.46. The van der Waals surface area contributed by atoms with Gasteiger partial charge in [-0.2, -0.15) is 10.4 Å². The molecule has 1 aliphatic rings. The van der Waals surface area contributed by atoms with Gasteiger partial charge in [0.1, 0.15) is 16.8 Å². The molecule has 176 valence electrons. The van der Waals surface area contributed by atoms with Gasteiger partial charge in [0.05, 0.1) is 17.3 Å². The average Bonchev–Trinajstić information content (AvgIpc) is 3.21. The van der Waals surface area contributed by atoms with E-state index in [9.17, 15) is 19.6 Å². The Kier molecular flexibility index (Phi) is 7.55. The number of ether oxygens (including phenoxy) is 1. The van der Waals surface area contributed by atoms with Crippen molar-refractivity contribution < 1.29 is 19.1 Å². The Bertz CT molecular complexity index is 1360. The second-order valence-electron chi connectivity index (χ2n) is 7.65. The summed E-state index contributed by atoms with van der Waals surface area (Å²) in [5.41, 5.74) is 4.44. The van der Waals surface area contributed by atoms with Gasteiger partial charge in [-0.1, -0.05) is 23.7 Å². The number of benzene rings is 2. The number of fused-ring (bicyclic) bond motifs is 1. The number of nitrogens with zero attached hydrogens (tertiary/aromatic N) is 2. The number of carbonyl (C=O) groups excluding carboxylic acids is 3. The lowest BCUT2D eigenvalue weighted by atomic mass is 9.96. The fourth-order valence-corrected chi connectivity index (χ4v) is 4.92. The minimum Gasteiger partial charge on any atom is -0.423 e. The van der Waals surface area contributed by atoms with Crippen molar-refractivity contribution in [1.82, 2.24) is 5.43 Å². The molecule has 0 saturated heterocycles. The number of nitriles is 1. The summed E-state index contributed by atoms with van der Waals surface area (Å²) >= 11 is 7.17. The van der Waals surface area contributed by atoms with Crippen LogP contribution >= 0.6 is 22.9 Å².